The third-order valence-electron chi connectivity index (χ3n) is 3.86. The molecule has 0 aromatic carbocycles. The Labute approximate surface area is 115 Å². The minimum absolute atomic E-state index is 0.239. The number of aromatic nitrogens is 2. The Bertz CT molecular complexity index is 454. The number of carbonyl (C=O) groups excluding carboxylic acids is 1. The van der Waals surface area contributed by atoms with Gasteiger partial charge in [-0.3, -0.25) is 14.4 Å². The van der Waals surface area contributed by atoms with E-state index in [1.807, 2.05) is 38.2 Å². The highest BCUT2D eigenvalue weighted by molar-refractivity contribution is 5.82. The van der Waals surface area contributed by atoms with Crippen molar-refractivity contribution >= 4 is 5.91 Å². The van der Waals surface area contributed by atoms with Crippen LogP contribution in [0.5, 0.6) is 0 Å². The molecule has 0 saturated carbocycles. The molecule has 1 fully saturated rings. The summed E-state index contributed by atoms with van der Waals surface area (Å²) in [7, 11) is 5.61. The lowest BCUT2D eigenvalue weighted by molar-refractivity contribution is -0.141. The average Bonchev–Trinajstić information content (AvgIpc) is 2.73. The van der Waals surface area contributed by atoms with Gasteiger partial charge >= 0.3 is 0 Å². The van der Waals surface area contributed by atoms with Crippen LogP contribution in [0.15, 0.2) is 12.4 Å². The van der Waals surface area contributed by atoms with Gasteiger partial charge in [0.2, 0.25) is 5.91 Å². The Morgan fingerprint density at radius 1 is 1.53 bits per heavy atom. The van der Waals surface area contributed by atoms with E-state index in [0.717, 1.165) is 32.5 Å². The maximum absolute atomic E-state index is 12.3. The molecule has 1 amide bonds. The first-order valence-corrected chi connectivity index (χ1v) is 6.82. The molecule has 1 atom stereocenters. The Balaban J connectivity index is 2.02. The van der Waals surface area contributed by atoms with Gasteiger partial charge in [0, 0.05) is 46.0 Å². The fraction of sp³-hybridized carbons (Fsp3) is 0.714. The van der Waals surface area contributed by atoms with Gasteiger partial charge in [-0.05, 0) is 26.3 Å². The topological polar surface area (TPSA) is 41.4 Å². The van der Waals surface area contributed by atoms with Crippen LogP contribution < -0.4 is 0 Å². The molecule has 0 spiro atoms. The number of carbonyl (C=O) groups is 1. The predicted octanol–water partition coefficient (Wildman–Crippen LogP) is 1.11. The van der Waals surface area contributed by atoms with Crippen molar-refractivity contribution in [2.24, 2.45) is 12.5 Å². The highest BCUT2D eigenvalue weighted by Gasteiger charge is 2.38. The summed E-state index contributed by atoms with van der Waals surface area (Å²) in [5.41, 5.74) is 0.966. The number of hydrogen-bond donors (Lipinski definition) is 0. The predicted molar refractivity (Wildman–Crippen MR) is 74.5 cm³/mol. The summed E-state index contributed by atoms with van der Waals surface area (Å²) in [6.07, 6.45) is 6.00. The van der Waals surface area contributed by atoms with E-state index in [2.05, 4.69) is 16.9 Å². The summed E-state index contributed by atoms with van der Waals surface area (Å²) < 4.78 is 1.82. The van der Waals surface area contributed by atoms with Gasteiger partial charge in [0.25, 0.3) is 0 Å². The van der Waals surface area contributed by atoms with Crippen molar-refractivity contribution in [2.75, 3.05) is 27.2 Å². The maximum atomic E-state index is 12.3. The average molecular weight is 264 g/mol. The lowest BCUT2D eigenvalue weighted by Crippen LogP contribution is -2.49. The lowest BCUT2D eigenvalue weighted by Gasteiger charge is -2.40. The van der Waals surface area contributed by atoms with Crippen molar-refractivity contribution in [2.45, 2.75) is 26.3 Å². The number of amides is 1. The van der Waals surface area contributed by atoms with E-state index < -0.39 is 0 Å². The second-order valence-electron chi connectivity index (χ2n) is 6.10. The fourth-order valence-electron chi connectivity index (χ4n) is 3.01. The minimum Gasteiger partial charge on any atom is -0.348 e. The summed E-state index contributed by atoms with van der Waals surface area (Å²) in [5, 5.41) is 4.20. The summed E-state index contributed by atoms with van der Waals surface area (Å²) in [6, 6.07) is 0. The van der Waals surface area contributed by atoms with E-state index in [1.54, 1.807) is 4.90 Å². The van der Waals surface area contributed by atoms with Gasteiger partial charge < -0.3 is 4.90 Å². The van der Waals surface area contributed by atoms with Crippen LogP contribution in [0.3, 0.4) is 0 Å². The van der Waals surface area contributed by atoms with E-state index in [0.29, 0.717) is 0 Å². The lowest BCUT2D eigenvalue weighted by atomic mass is 9.80. The molecule has 5 nitrogen and oxygen atoms in total. The summed E-state index contributed by atoms with van der Waals surface area (Å²) in [5.74, 6) is 0.239. The Hall–Kier alpha value is -1.36. The molecule has 1 aliphatic heterocycles. The van der Waals surface area contributed by atoms with E-state index in [1.165, 1.54) is 5.56 Å². The van der Waals surface area contributed by atoms with Crippen LogP contribution in [-0.4, -0.2) is 52.7 Å². The first kappa shape index (κ1) is 14.1. The normalized spacial score (nSPS) is 24.4. The van der Waals surface area contributed by atoms with Gasteiger partial charge in [0.15, 0.2) is 0 Å². The van der Waals surface area contributed by atoms with Crippen LogP contribution in [0.1, 0.15) is 25.3 Å². The zero-order valence-corrected chi connectivity index (χ0v) is 12.4. The quantitative estimate of drug-likeness (QED) is 0.821. The van der Waals surface area contributed by atoms with Gasteiger partial charge in [0.1, 0.15) is 0 Å². The van der Waals surface area contributed by atoms with Gasteiger partial charge in [-0.15, -0.1) is 0 Å². The first-order chi connectivity index (χ1) is 8.90. The third kappa shape index (κ3) is 3.15. The van der Waals surface area contributed by atoms with Crippen molar-refractivity contribution in [3.8, 4) is 0 Å². The number of nitrogens with zero attached hydrogens (tertiary/aromatic N) is 4. The molecule has 1 aromatic heterocycles. The van der Waals surface area contributed by atoms with Crippen LogP contribution in [-0.2, 0) is 18.4 Å². The zero-order valence-electron chi connectivity index (χ0n) is 12.4. The molecule has 0 bridgehead atoms. The van der Waals surface area contributed by atoms with E-state index >= 15 is 0 Å². The molecule has 1 aliphatic rings. The van der Waals surface area contributed by atoms with Gasteiger partial charge in [-0.25, -0.2) is 0 Å². The molecule has 0 aliphatic carbocycles. The smallest absolute Gasteiger partial charge is 0.229 e. The second kappa shape index (κ2) is 5.33. The molecule has 2 heterocycles. The van der Waals surface area contributed by atoms with Crippen LogP contribution in [0.2, 0.25) is 0 Å². The molecule has 5 heteroatoms. The summed E-state index contributed by atoms with van der Waals surface area (Å²) >= 11 is 0. The zero-order chi connectivity index (χ0) is 14.0. The standard InChI is InChI=1S/C14H24N4O/c1-14(13(19)16(2)3)6-5-7-18(11-14)10-12-8-15-17(4)9-12/h8-9H,5-7,10-11H2,1-4H3. The van der Waals surface area contributed by atoms with Gasteiger partial charge in [-0.1, -0.05) is 0 Å². The molecule has 0 N–H and O–H groups in total. The molecular weight excluding hydrogens is 240 g/mol. The highest BCUT2D eigenvalue weighted by atomic mass is 16.2. The summed E-state index contributed by atoms with van der Waals surface area (Å²) in [4.78, 5) is 16.4. The molecule has 0 radical (unpaired) electrons. The van der Waals surface area contributed by atoms with Crippen molar-refractivity contribution < 1.29 is 4.79 Å². The van der Waals surface area contributed by atoms with E-state index in [9.17, 15) is 4.79 Å². The van der Waals surface area contributed by atoms with Crippen molar-refractivity contribution in [1.82, 2.24) is 19.6 Å². The number of hydrogen-bond acceptors (Lipinski definition) is 3. The Morgan fingerprint density at radius 2 is 2.26 bits per heavy atom. The SMILES string of the molecule is CN(C)C(=O)C1(C)CCCN(Cc2cnn(C)c2)C1. The number of aryl methyl sites for hydroxylation is 1. The first-order valence-electron chi connectivity index (χ1n) is 6.82. The number of likely N-dealkylation sites (tertiary alicyclic amines) is 1. The molecule has 2 rings (SSSR count). The molecule has 1 saturated heterocycles. The van der Waals surface area contributed by atoms with Crippen molar-refractivity contribution in [3.05, 3.63) is 18.0 Å². The van der Waals surface area contributed by atoms with E-state index in [-0.39, 0.29) is 11.3 Å². The molecule has 1 aromatic rings. The highest BCUT2D eigenvalue weighted by Crippen LogP contribution is 2.31. The Kier molecular flexibility index (Phi) is 3.94. The molecule has 1 unspecified atom stereocenters. The fourth-order valence-corrected chi connectivity index (χ4v) is 3.01. The van der Waals surface area contributed by atoms with Crippen molar-refractivity contribution in [3.63, 3.8) is 0 Å². The van der Waals surface area contributed by atoms with Crippen molar-refractivity contribution in [1.29, 1.82) is 0 Å². The largest absolute Gasteiger partial charge is 0.348 e. The molecular formula is C14H24N4O. The van der Waals surface area contributed by atoms with Crippen LogP contribution in [0.4, 0.5) is 0 Å². The van der Waals surface area contributed by atoms with Gasteiger partial charge in [-0.2, -0.15) is 5.10 Å². The van der Waals surface area contributed by atoms with Gasteiger partial charge in [0.05, 0.1) is 11.6 Å². The third-order valence-corrected chi connectivity index (χ3v) is 3.86. The van der Waals surface area contributed by atoms with E-state index in [4.69, 9.17) is 0 Å². The van der Waals surface area contributed by atoms with Crippen LogP contribution >= 0.6 is 0 Å². The monoisotopic (exact) mass is 264 g/mol. The molecule has 106 valence electrons. The summed E-state index contributed by atoms with van der Waals surface area (Å²) in [6.45, 7) is 4.86. The number of rotatable bonds is 3. The number of piperidine rings is 1. The Morgan fingerprint density at radius 3 is 2.84 bits per heavy atom. The maximum Gasteiger partial charge on any atom is 0.229 e. The van der Waals surface area contributed by atoms with Crippen LogP contribution in [0, 0.1) is 5.41 Å². The molecule has 19 heavy (non-hydrogen) atoms. The van der Waals surface area contributed by atoms with Crippen LogP contribution in [0.25, 0.3) is 0 Å². The second-order valence-corrected chi connectivity index (χ2v) is 6.10. The minimum atomic E-state index is -0.246.